The summed E-state index contributed by atoms with van der Waals surface area (Å²) in [4.78, 5) is 45.5. The molecule has 3 aromatic heterocycles. The average molecular weight is 770 g/mol. The van der Waals surface area contributed by atoms with E-state index >= 15 is 0 Å². The second-order valence-corrected chi connectivity index (χ2v) is 14.3. The molecule has 14 bridgehead atoms. The molecule has 1 aliphatic rings. The number of rotatable bonds is 3. The van der Waals surface area contributed by atoms with Crippen molar-refractivity contribution in [2.75, 3.05) is 0 Å². The van der Waals surface area contributed by atoms with Gasteiger partial charge in [0.15, 0.2) is 52.4 Å². The van der Waals surface area contributed by atoms with Crippen LogP contribution in [0, 0.1) is 0 Å². The van der Waals surface area contributed by atoms with Crippen molar-refractivity contribution >= 4 is 0 Å². The molecule has 9 nitrogen and oxygen atoms in total. The summed E-state index contributed by atoms with van der Waals surface area (Å²) in [5, 5.41) is 0. The third kappa shape index (κ3) is 6.76. The van der Waals surface area contributed by atoms with Crippen LogP contribution in [0.4, 0.5) is 0 Å². The van der Waals surface area contributed by atoms with Gasteiger partial charge < -0.3 is 0 Å². The highest BCUT2D eigenvalue weighted by Gasteiger charge is 2.19. The molecule has 280 valence electrons. The molecule has 7 aromatic carbocycles. The van der Waals surface area contributed by atoms with Crippen LogP contribution in [-0.2, 0) is 0 Å². The molecule has 0 spiro atoms. The normalized spacial score (nSPS) is 11.3. The molecule has 0 radical (unpaired) electrons. The monoisotopic (exact) mass is 769 g/mol. The quantitative estimate of drug-likeness (QED) is 0.173. The second-order valence-electron chi connectivity index (χ2n) is 14.3. The molecule has 0 unspecified atom stereocenters. The summed E-state index contributed by atoms with van der Waals surface area (Å²) in [5.74, 6) is 4.87. The fourth-order valence-corrected chi connectivity index (χ4v) is 7.32. The van der Waals surface area contributed by atoms with Crippen molar-refractivity contribution in [2.24, 2.45) is 0 Å². The van der Waals surface area contributed by atoms with Crippen molar-refractivity contribution in [3.8, 4) is 114 Å². The lowest BCUT2D eigenvalue weighted by molar-refractivity contribution is 1.07. The van der Waals surface area contributed by atoms with E-state index in [1.165, 1.54) is 0 Å². The third-order valence-corrected chi connectivity index (χ3v) is 10.3. The highest BCUT2D eigenvalue weighted by atomic mass is 15.1. The van der Waals surface area contributed by atoms with Crippen LogP contribution >= 0.6 is 0 Å². The van der Waals surface area contributed by atoms with Crippen LogP contribution in [0.5, 0.6) is 0 Å². The van der Waals surface area contributed by atoms with Gasteiger partial charge in [-0.05, 0) is 35.4 Å². The molecule has 0 fully saturated rings. The van der Waals surface area contributed by atoms with Gasteiger partial charge in [-0.3, -0.25) is 0 Å². The summed E-state index contributed by atoms with van der Waals surface area (Å²) < 4.78 is 0. The molecular weight excluding hydrogens is 739 g/mol. The minimum Gasteiger partial charge on any atom is -0.208 e. The molecule has 10 aromatic rings. The van der Waals surface area contributed by atoms with Crippen LogP contribution in [0.1, 0.15) is 0 Å². The Kier molecular flexibility index (Phi) is 8.59. The van der Waals surface area contributed by atoms with E-state index in [2.05, 4.69) is 24.3 Å². The van der Waals surface area contributed by atoms with Crippen LogP contribution in [0.2, 0.25) is 0 Å². The number of aromatic nitrogens is 9. The van der Waals surface area contributed by atoms with Gasteiger partial charge in [-0.15, -0.1) is 0 Å². The van der Waals surface area contributed by atoms with Crippen molar-refractivity contribution in [1.29, 1.82) is 0 Å². The highest BCUT2D eigenvalue weighted by molar-refractivity contribution is 5.78. The van der Waals surface area contributed by atoms with Crippen molar-refractivity contribution in [3.05, 3.63) is 188 Å². The number of fused-ring (bicyclic) bond motifs is 21. The smallest absolute Gasteiger partial charge is 0.164 e. The van der Waals surface area contributed by atoms with Gasteiger partial charge in [0.05, 0.1) is 0 Å². The molecule has 0 saturated heterocycles. The molecule has 0 atom stereocenters. The zero-order valence-electron chi connectivity index (χ0n) is 31.9. The summed E-state index contributed by atoms with van der Waals surface area (Å²) in [6.45, 7) is 0. The number of nitrogens with zero attached hydrogens (tertiary/aromatic N) is 9. The molecular formula is C51H31N9. The lowest BCUT2D eigenvalue weighted by atomic mass is 10.0. The molecule has 1 aliphatic heterocycles. The molecule has 0 N–H and O–H groups in total. The fraction of sp³-hybridized carbons (Fsp3) is 0. The zero-order chi connectivity index (χ0) is 39.8. The summed E-state index contributed by atoms with van der Waals surface area (Å²) in [5.41, 5.74) is 9.50. The van der Waals surface area contributed by atoms with Crippen molar-refractivity contribution in [3.63, 3.8) is 0 Å². The maximum Gasteiger partial charge on any atom is 0.164 e. The molecule has 60 heavy (non-hydrogen) atoms. The summed E-state index contributed by atoms with van der Waals surface area (Å²) in [6.07, 6.45) is 0. The Morgan fingerprint density at radius 2 is 0.317 bits per heavy atom. The van der Waals surface area contributed by atoms with Gasteiger partial charge >= 0.3 is 0 Å². The second kappa shape index (κ2) is 14.8. The number of hydrogen-bond acceptors (Lipinski definition) is 9. The van der Waals surface area contributed by atoms with Crippen molar-refractivity contribution in [1.82, 2.24) is 44.9 Å². The first kappa shape index (κ1) is 34.8. The van der Waals surface area contributed by atoms with Gasteiger partial charge in [0.25, 0.3) is 0 Å². The third-order valence-electron chi connectivity index (χ3n) is 10.3. The fourth-order valence-electron chi connectivity index (χ4n) is 7.32. The molecule has 0 aliphatic carbocycles. The van der Waals surface area contributed by atoms with Crippen LogP contribution in [-0.4, -0.2) is 44.9 Å². The molecule has 9 heteroatoms. The largest absolute Gasteiger partial charge is 0.208 e. The first-order chi connectivity index (χ1) is 29.7. The number of hydrogen-bond donors (Lipinski definition) is 0. The van der Waals surface area contributed by atoms with Crippen LogP contribution in [0.3, 0.4) is 0 Å². The first-order valence-corrected chi connectivity index (χ1v) is 19.5. The Labute approximate surface area is 345 Å². The first-order valence-electron chi connectivity index (χ1n) is 19.5. The predicted molar refractivity (Wildman–Crippen MR) is 235 cm³/mol. The lowest BCUT2D eigenvalue weighted by Crippen LogP contribution is -2.02. The molecule has 4 heterocycles. The summed E-state index contributed by atoms with van der Waals surface area (Å²) >= 11 is 0. The van der Waals surface area contributed by atoms with E-state index in [0.717, 1.165) is 61.2 Å². The van der Waals surface area contributed by atoms with E-state index in [1.54, 1.807) is 0 Å². The highest BCUT2D eigenvalue weighted by Crippen LogP contribution is 2.34. The standard InChI is InChI=1S/C51H31N9/c1-4-14-32(15-5-1)43-52-46-37-22-10-20-35(28-37)36-21-11-23-38(29-36)47-53-44(33-16-6-2-7-17-33)55-49(59-47)40-25-13-27-42(31-40)51-57-45(34-18-8-3-9-19-34)56-50(60-51)41-26-12-24-39(30-41)48(54-43)58-46/h1-31H. The van der Waals surface area contributed by atoms with Gasteiger partial charge in [0.2, 0.25) is 0 Å². The topological polar surface area (TPSA) is 116 Å². The van der Waals surface area contributed by atoms with Crippen molar-refractivity contribution in [2.45, 2.75) is 0 Å². The minimum atomic E-state index is 0.510. The van der Waals surface area contributed by atoms with E-state index in [1.807, 2.05) is 164 Å². The van der Waals surface area contributed by atoms with Gasteiger partial charge in [-0.1, -0.05) is 164 Å². The zero-order valence-corrected chi connectivity index (χ0v) is 31.9. The summed E-state index contributed by atoms with van der Waals surface area (Å²) in [6, 6.07) is 62.4. The Bertz CT molecular complexity index is 3020. The Morgan fingerprint density at radius 1 is 0.150 bits per heavy atom. The van der Waals surface area contributed by atoms with Crippen LogP contribution < -0.4 is 0 Å². The van der Waals surface area contributed by atoms with Gasteiger partial charge in [0, 0.05) is 50.1 Å². The van der Waals surface area contributed by atoms with Gasteiger partial charge in [-0.2, -0.15) is 0 Å². The Hall–Kier alpha value is -8.43. The van der Waals surface area contributed by atoms with Gasteiger partial charge in [-0.25, -0.2) is 44.9 Å². The molecule has 0 amide bonds. The van der Waals surface area contributed by atoms with E-state index < -0.39 is 0 Å². The molecule has 11 rings (SSSR count). The average Bonchev–Trinajstić information content (AvgIpc) is 3.34. The maximum atomic E-state index is 5.11. The van der Waals surface area contributed by atoms with Crippen molar-refractivity contribution < 1.29 is 0 Å². The molecule has 0 saturated carbocycles. The van der Waals surface area contributed by atoms with Crippen LogP contribution in [0.15, 0.2) is 188 Å². The van der Waals surface area contributed by atoms with E-state index in [9.17, 15) is 0 Å². The maximum absolute atomic E-state index is 5.11. The SMILES string of the molecule is c1ccc(-c2nc3nc(n2)-c2cccc(c2)-c2nc(-c4ccccc4)nc(n2)-c2cccc(c2)-c2nc(-c4ccccc4)nc(n2)-c2cccc(c2)-c2cccc-3c2)cc1. The number of benzene rings is 7. The van der Waals surface area contributed by atoms with E-state index in [0.29, 0.717) is 52.4 Å². The lowest BCUT2D eigenvalue weighted by Gasteiger charge is -2.11. The van der Waals surface area contributed by atoms with E-state index in [4.69, 9.17) is 44.9 Å². The Balaban J connectivity index is 1.19. The Morgan fingerprint density at radius 3 is 0.550 bits per heavy atom. The van der Waals surface area contributed by atoms with Gasteiger partial charge in [0.1, 0.15) is 0 Å². The predicted octanol–water partition coefficient (Wildman–Crippen LogP) is 11.2. The summed E-state index contributed by atoms with van der Waals surface area (Å²) in [7, 11) is 0. The van der Waals surface area contributed by atoms with Crippen LogP contribution in [0.25, 0.3) is 114 Å². The minimum absolute atomic E-state index is 0.510. The van der Waals surface area contributed by atoms with E-state index in [-0.39, 0.29) is 0 Å².